The van der Waals surface area contributed by atoms with Crippen LogP contribution in [0.1, 0.15) is 24.8 Å². The maximum absolute atomic E-state index is 12.3. The van der Waals surface area contributed by atoms with E-state index in [0.717, 1.165) is 31.5 Å². The molecule has 1 amide bonds. The molecule has 0 radical (unpaired) electrons. The SMILES string of the molecule is O=C(Cc1ccccc1)N[C@H]1CS(=O)(=O)C[C@@H]1N1CCCCC1. The number of likely N-dealkylation sites (tertiary alicyclic amines) is 1. The Morgan fingerprint density at radius 3 is 2.48 bits per heavy atom. The van der Waals surface area contributed by atoms with E-state index in [9.17, 15) is 13.2 Å². The lowest BCUT2D eigenvalue weighted by molar-refractivity contribution is -0.121. The van der Waals surface area contributed by atoms with E-state index in [2.05, 4.69) is 10.2 Å². The Morgan fingerprint density at radius 2 is 1.78 bits per heavy atom. The van der Waals surface area contributed by atoms with Gasteiger partial charge < -0.3 is 5.32 Å². The highest BCUT2D eigenvalue weighted by Gasteiger charge is 2.41. The first-order valence-electron chi connectivity index (χ1n) is 8.31. The van der Waals surface area contributed by atoms with Gasteiger partial charge in [0.05, 0.1) is 24.0 Å². The predicted octanol–water partition coefficient (Wildman–Crippen LogP) is 0.997. The Labute approximate surface area is 138 Å². The molecular formula is C17H24N2O3S. The second kappa shape index (κ2) is 7.01. The monoisotopic (exact) mass is 336 g/mol. The smallest absolute Gasteiger partial charge is 0.224 e. The number of carbonyl (C=O) groups excluding carboxylic acids is 1. The topological polar surface area (TPSA) is 66.5 Å². The van der Waals surface area contributed by atoms with Gasteiger partial charge in [0.1, 0.15) is 0 Å². The Morgan fingerprint density at radius 1 is 1.09 bits per heavy atom. The van der Waals surface area contributed by atoms with Gasteiger partial charge >= 0.3 is 0 Å². The number of hydrogen-bond acceptors (Lipinski definition) is 4. The first-order valence-corrected chi connectivity index (χ1v) is 10.1. The molecule has 2 atom stereocenters. The van der Waals surface area contributed by atoms with Gasteiger partial charge in [-0.15, -0.1) is 0 Å². The molecule has 2 saturated heterocycles. The van der Waals surface area contributed by atoms with Crippen molar-refractivity contribution in [2.45, 2.75) is 37.8 Å². The number of sulfone groups is 1. The van der Waals surface area contributed by atoms with E-state index in [1.54, 1.807) is 0 Å². The van der Waals surface area contributed by atoms with Crippen molar-refractivity contribution in [2.75, 3.05) is 24.6 Å². The molecule has 0 aliphatic carbocycles. The molecule has 2 aliphatic rings. The van der Waals surface area contributed by atoms with Crippen LogP contribution in [0, 0.1) is 0 Å². The number of nitrogens with zero attached hydrogens (tertiary/aromatic N) is 1. The summed E-state index contributed by atoms with van der Waals surface area (Å²) in [6.45, 7) is 1.87. The fourth-order valence-corrected chi connectivity index (χ4v) is 5.57. The molecular weight excluding hydrogens is 312 g/mol. The van der Waals surface area contributed by atoms with Gasteiger partial charge in [-0.25, -0.2) is 8.42 Å². The molecule has 2 aliphatic heterocycles. The van der Waals surface area contributed by atoms with Crippen LogP contribution in [0.15, 0.2) is 30.3 Å². The van der Waals surface area contributed by atoms with Gasteiger partial charge in [-0.05, 0) is 31.5 Å². The maximum atomic E-state index is 12.3. The fraction of sp³-hybridized carbons (Fsp3) is 0.588. The Hall–Kier alpha value is -1.40. The molecule has 0 aromatic heterocycles. The van der Waals surface area contributed by atoms with Gasteiger partial charge in [0, 0.05) is 6.04 Å². The lowest BCUT2D eigenvalue weighted by Crippen LogP contribution is -2.52. The minimum atomic E-state index is -3.07. The molecule has 0 spiro atoms. The average Bonchev–Trinajstić information content (AvgIpc) is 2.83. The van der Waals surface area contributed by atoms with Gasteiger partial charge in [-0.1, -0.05) is 36.8 Å². The van der Waals surface area contributed by atoms with Crippen LogP contribution in [0.4, 0.5) is 0 Å². The van der Waals surface area contributed by atoms with E-state index < -0.39 is 9.84 Å². The molecule has 23 heavy (non-hydrogen) atoms. The second-order valence-electron chi connectivity index (χ2n) is 6.58. The molecule has 0 saturated carbocycles. The van der Waals surface area contributed by atoms with Crippen LogP contribution in [0.25, 0.3) is 0 Å². The van der Waals surface area contributed by atoms with E-state index in [4.69, 9.17) is 0 Å². The van der Waals surface area contributed by atoms with Crippen molar-refractivity contribution in [1.82, 2.24) is 10.2 Å². The summed E-state index contributed by atoms with van der Waals surface area (Å²) >= 11 is 0. The summed E-state index contributed by atoms with van der Waals surface area (Å²) in [5.41, 5.74) is 0.945. The second-order valence-corrected chi connectivity index (χ2v) is 8.73. The zero-order chi connectivity index (χ0) is 16.3. The first kappa shape index (κ1) is 16.5. The number of benzene rings is 1. The number of nitrogens with one attached hydrogen (secondary N) is 1. The molecule has 1 aromatic carbocycles. The van der Waals surface area contributed by atoms with E-state index in [1.807, 2.05) is 30.3 Å². The first-order chi connectivity index (χ1) is 11.0. The minimum absolute atomic E-state index is 0.0642. The van der Waals surface area contributed by atoms with Gasteiger partial charge in [-0.2, -0.15) is 0 Å². The van der Waals surface area contributed by atoms with Crippen molar-refractivity contribution < 1.29 is 13.2 Å². The molecule has 0 bridgehead atoms. The molecule has 1 N–H and O–H groups in total. The largest absolute Gasteiger partial charge is 0.350 e. The standard InChI is InChI=1S/C17H24N2O3S/c20-17(11-14-7-3-1-4-8-14)18-15-12-23(21,22)13-16(15)19-9-5-2-6-10-19/h1,3-4,7-8,15-16H,2,5-6,9-13H2,(H,18,20)/t15-,16-/m0/s1. The van der Waals surface area contributed by atoms with Crippen molar-refractivity contribution in [1.29, 1.82) is 0 Å². The lowest BCUT2D eigenvalue weighted by Gasteiger charge is -2.35. The summed E-state index contributed by atoms with van der Waals surface area (Å²) in [6.07, 6.45) is 3.73. The fourth-order valence-electron chi connectivity index (χ4n) is 3.62. The summed E-state index contributed by atoms with van der Waals surface area (Å²) < 4.78 is 24.1. The Bertz CT molecular complexity index is 639. The summed E-state index contributed by atoms with van der Waals surface area (Å²) in [6, 6.07) is 9.19. The van der Waals surface area contributed by atoms with Crippen LogP contribution in [0.5, 0.6) is 0 Å². The van der Waals surface area contributed by atoms with Crippen LogP contribution < -0.4 is 5.32 Å². The third-order valence-electron chi connectivity index (χ3n) is 4.74. The van der Waals surface area contributed by atoms with E-state index in [0.29, 0.717) is 6.42 Å². The third kappa shape index (κ3) is 4.32. The van der Waals surface area contributed by atoms with Gasteiger partial charge in [0.2, 0.25) is 5.91 Å². The normalized spacial score (nSPS) is 27.7. The molecule has 6 heteroatoms. The molecule has 3 rings (SSSR count). The van der Waals surface area contributed by atoms with Crippen molar-refractivity contribution in [3.63, 3.8) is 0 Å². The highest BCUT2D eigenvalue weighted by atomic mass is 32.2. The Balaban J connectivity index is 1.65. The van der Waals surface area contributed by atoms with Crippen molar-refractivity contribution >= 4 is 15.7 Å². The van der Waals surface area contributed by atoms with Crippen LogP contribution >= 0.6 is 0 Å². The minimum Gasteiger partial charge on any atom is -0.350 e. The summed E-state index contributed by atoms with van der Waals surface area (Å²) in [5.74, 6) is 0.137. The van der Waals surface area contributed by atoms with Crippen molar-refractivity contribution in [3.05, 3.63) is 35.9 Å². The molecule has 1 aromatic rings. The zero-order valence-corrected chi connectivity index (χ0v) is 14.1. The molecule has 2 fully saturated rings. The zero-order valence-electron chi connectivity index (χ0n) is 13.3. The van der Waals surface area contributed by atoms with E-state index in [1.165, 1.54) is 6.42 Å². The predicted molar refractivity (Wildman–Crippen MR) is 89.9 cm³/mol. The number of amides is 1. The number of carbonyl (C=O) groups is 1. The molecule has 2 heterocycles. The molecule has 126 valence electrons. The molecule has 5 nitrogen and oxygen atoms in total. The van der Waals surface area contributed by atoms with Gasteiger partial charge in [-0.3, -0.25) is 9.69 Å². The third-order valence-corrected chi connectivity index (χ3v) is 6.45. The summed E-state index contributed by atoms with van der Waals surface area (Å²) in [5, 5.41) is 2.97. The van der Waals surface area contributed by atoms with Gasteiger partial charge in [0.25, 0.3) is 0 Å². The highest BCUT2D eigenvalue weighted by molar-refractivity contribution is 7.91. The van der Waals surface area contributed by atoms with Gasteiger partial charge in [0.15, 0.2) is 9.84 Å². The van der Waals surface area contributed by atoms with Crippen LogP contribution in [0.3, 0.4) is 0 Å². The van der Waals surface area contributed by atoms with Crippen LogP contribution in [0.2, 0.25) is 0 Å². The van der Waals surface area contributed by atoms with E-state index in [-0.39, 0.29) is 29.5 Å². The quantitative estimate of drug-likeness (QED) is 0.891. The summed E-state index contributed by atoms with van der Waals surface area (Å²) in [7, 11) is -3.07. The van der Waals surface area contributed by atoms with Crippen LogP contribution in [-0.2, 0) is 21.1 Å². The lowest BCUT2D eigenvalue weighted by atomic mass is 10.0. The van der Waals surface area contributed by atoms with Crippen molar-refractivity contribution in [3.8, 4) is 0 Å². The number of hydrogen-bond donors (Lipinski definition) is 1. The number of rotatable bonds is 4. The highest BCUT2D eigenvalue weighted by Crippen LogP contribution is 2.22. The van der Waals surface area contributed by atoms with Crippen LogP contribution in [-0.4, -0.2) is 55.9 Å². The molecule has 0 unspecified atom stereocenters. The summed E-state index contributed by atoms with van der Waals surface area (Å²) in [4.78, 5) is 14.5. The Kier molecular flexibility index (Phi) is 5.02. The van der Waals surface area contributed by atoms with E-state index >= 15 is 0 Å². The van der Waals surface area contributed by atoms with Crippen molar-refractivity contribution in [2.24, 2.45) is 0 Å². The number of piperidine rings is 1. The maximum Gasteiger partial charge on any atom is 0.224 e. The average molecular weight is 336 g/mol.